The highest BCUT2D eigenvalue weighted by Crippen LogP contribution is 2.36. The van der Waals surface area contributed by atoms with Crippen molar-refractivity contribution in [1.29, 1.82) is 0 Å². The number of carbonyl (C=O) groups is 2. The van der Waals surface area contributed by atoms with E-state index in [0.29, 0.717) is 35.2 Å². The fourth-order valence-electron chi connectivity index (χ4n) is 6.83. The second-order valence-corrected chi connectivity index (χ2v) is 13.4. The Morgan fingerprint density at radius 1 is 1.06 bits per heavy atom. The van der Waals surface area contributed by atoms with Gasteiger partial charge in [0.25, 0.3) is 5.91 Å². The predicted molar refractivity (Wildman–Crippen MR) is 195 cm³/mol. The first kappa shape index (κ1) is 36.1. The van der Waals surface area contributed by atoms with Crippen LogP contribution in [0.4, 0.5) is 15.8 Å². The zero-order valence-corrected chi connectivity index (χ0v) is 29.3. The van der Waals surface area contributed by atoms with Crippen molar-refractivity contribution in [2.24, 2.45) is 0 Å². The first-order valence-corrected chi connectivity index (χ1v) is 17.6. The number of fused-ring (bicyclic) bond motifs is 1. The van der Waals surface area contributed by atoms with Gasteiger partial charge in [-0.3, -0.25) is 14.5 Å². The smallest absolute Gasteiger partial charge is 0.304 e. The van der Waals surface area contributed by atoms with Gasteiger partial charge in [0.15, 0.2) is 0 Å². The summed E-state index contributed by atoms with van der Waals surface area (Å²) in [5.74, 6) is -1.15. The van der Waals surface area contributed by atoms with Gasteiger partial charge in [-0.25, -0.2) is 9.37 Å². The van der Waals surface area contributed by atoms with Crippen LogP contribution >= 0.6 is 11.6 Å². The van der Waals surface area contributed by atoms with Crippen molar-refractivity contribution < 1.29 is 28.6 Å². The molecule has 268 valence electrons. The van der Waals surface area contributed by atoms with Crippen molar-refractivity contribution in [2.45, 2.75) is 43.9 Å². The summed E-state index contributed by atoms with van der Waals surface area (Å²) in [4.78, 5) is 34.3. The predicted octanol–water partition coefficient (Wildman–Crippen LogP) is 6.53. The number of halogens is 2. The lowest BCUT2D eigenvalue weighted by molar-refractivity contribution is -0.137. The quantitative estimate of drug-likeness (QED) is 0.126. The Morgan fingerprint density at radius 3 is 2.61 bits per heavy atom. The number of aliphatic carboxylic acids is 1. The topological polar surface area (TPSA) is 116 Å². The normalized spacial score (nSPS) is 16.7. The Bertz CT molecular complexity index is 1810. The van der Waals surface area contributed by atoms with E-state index in [1.54, 1.807) is 25.3 Å². The van der Waals surface area contributed by atoms with E-state index in [1.807, 2.05) is 60.7 Å². The lowest BCUT2D eigenvalue weighted by Crippen LogP contribution is -2.48. The van der Waals surface area contributed by atoms with Gasteiger partial charge in [-0.2, -0.15) is 0 Å². The van der Waals surface area contributed by atoms with Crippen LogP contribution in [0.5, 0.6) is 5.88 Å². The second-order valence-electron chi connectivity index (χ2n) is 13.0. The maximum Gasteiger partial charge on any atom is 0.304 e. The molecule has 1 aromatic heterocycles. The van der Waals surface area contributed by atoms with Gasteiger partial charge in [0.05, 0.1) is 24.4 Å². The first-order chi connectivity index (χ1) is 24.8. The minimum atomic E-state index is -0.910. The molecule has 0 saturated carbocycles. The van der Waals surface area contributed by atoms with Crippen LogP contribution in [-0.4, -0.2) is 79.5 Å². The number of ether oxygens (including phenoxy) is 2. The van der Waals surface area contributed by atoms with Crippen LogP contribution in [0.25, 0.3) is 0 Å². The van der Waals surface area contributed by atoms with E-state index in [0.717, 1.165) is 55.1 Å². The van der Waals surface area contributed by atoms with Crippen LogP contribution in [0.2, 0.25) is 5.02 Å². The maximum atomic E-state index is 14.2. The van der Waals surface area contributed by atoms with Gasteiger partial charge in [0, 0.05) is 66.5 Å². The average Bonchev–Trinajstić information content (AvgIpc) is 3.48. The van der Waals surface area contributed by atoms with Gasteiger partial charge in [-0.15, -0.1) is 0 Å². The van der Waals surface area contributed by atoms with Crippen molar-refractivity contribution in [3.63, 3.8) is 0 Å². The van der Waals surface area contributed by atoms with E-state index in [-0.39, 0.29) is 43.5 Å². The lowest BCUT2D eigenvalue weighted by Gasteiger charge is -2.36. The summed E-state index contributed by atoms with van der Waals surface area (Å²) in [5.41, 5.74) is 4.67. The SMILES string of the molecule is COCCN1c2ccc(C(=O)NCC(CC(=O)O)c3ccccc3)cc2NC1CN1CCC(c2cccc(OCc3ccc(Cl)cc3F)n2)CC1. The molecule has 2 aliphatic heterocycles. The number of likely N-dealkylation sites (tertiary alicyclic amines) is 1. The minimum absolute atomic E-state index is 0.00819. The fourth-order valence-corrected chi connectivity index (χ4v) is 6.98. The zero-order valence-electron chi connectivity index (χ0n) is 28.6. The summed E-state index contributed by atoms with van der Waals surface area (Å²) in [6, 6.07) is 25.3. The first-order valence-electron chi connectivity index (χ1n) is 17.2. The number of carbonyl (C=O) groups excluding carboxylic acids is 1. The number of carboxylic acid groups (broad SMARTS) is 1. The van der Waals surface area contributed by atoms with Gasteiger partial charge < -0.3 is 30.1 Å². The molecule has 3 heterocycles. The molecular weight excluding hydrogens is 673 g/mol. The molecule has 3 N–H and O–H groups in total. The molecule has 0 radical (unpaired) electrons. The van der Waals surface area contributed by atoms with Crippen molar-refractivity contribution in [2.75, 3.05) is 56.7 Å². The number of methoxy groups -OCH3 is 1. The third-order valence-electron chi connectivity index (χ3n) is 9.58. The zero-order chi connectivity index (χ0) is 35.7. The Kier molecular flexibility index (Phi) is 12.0. The van der Waals surface area contributed by atoms with Crippen LogP contribution in [0.3, 0.4) is 0 Å². The molecule has 1 amide bonds. The number of amides is 1. The molecule has 12 heteroatoms. The number of hydrogen-bond acceptors (Lipinski definition) is 8. The van der Waals surface area contributed by atoms with Gasteiger partial charge in [0.2, 0.25) is 5.88 Å². The average molecular weight is 716 g/mol. The van der Waals surface area contributed by atoms with E-state index in [1.165, 1.54) is 6.07 Å². The van der Waals surface area contributed by atoms with Crippen molar-refractivity contribution >= 4 is 34.9 Å². The number of anilines is 2. The molecule has 10 nitrogen and oxygen atoms in total. The minimum Gasteiger partial charge on any atom is -0.481 e. The molecule has 2 unspecified atom stereocenters. The third-order valence-corrected chi connectivity index (χ3v) is 9.81. The van der Waals surface area contributed by atoms with Crippen molar-refractivity contribution in [3.05, 3.63) is 118 Å². The molecule has 4 aromatic rings. The monoisotopic (exact) mass is 715 g/mol. The van der Waals surface area contributed by atoms with Crippen LogP contribution < -0.4 is 20.3 Å². The summed E-state index contributed by atoms with van der Waals surface area (Å²) >= 11 is 5.87. The molecule has 2 aliphatic rings. The molecule has 3 aromatic carbocycles. The summed E-state index contributed by atoms with van der Waals surface area (Å²) in [5, 5.41) is 16.4. The second kappa shape index (κ2) is 17.0. The van der Waals surface area contributed by atoms with E-state index in [9.17, 15) is 19.1 Å². The number of rotatable bonds is 15. The number of nitrogens with zero attached hydrogens (tertiary/aromatic N) is 3. The van der Waals surface area contributed by atoms with Crippen LogP contribution in [-0.2, 0) is 16.1 Å². The molecule has 2 atom stereocenters. The van der Waals surface area contributed by atoms with E-state index in [2.05, 4.69) is 20.4 Å². The Morgan fingerprint density at radius 2 is 1.86 bits per heavy atom. The van der Waals surface area contributed by atoms with E-state index < -0.39 is 11.8 Å². The molecule has 1 fully saturated rings. The Labute approximate surface area is 302 Å². The summed E-state index contributed by atoms with van der Waals surface area (Å²) < 4.78 is 25.5. The summed E-state index contributed by atoms with van der Waals surface area (Å²) in [6.45, 7) is 4.11. The molecule has 51 heavy (non-hydrogen) atoms. The van der Waals surface area contributed by atoms with Crippen LogP contribution in [0.1, 0.15) is 58.3 Å². The molecule has 0 spiro atoms. The Balaban J connectivity index is 1.04. The highest BCUT2D eigenvalue weighted by molar-refractivity contribution is 6.30. The lowest BCUT2D eigenvalue weighted by atomic mass is 9.93. The molecule has 6 rings (SSSR count). The van der Waals surface area contributed by atoms with E-state index in [4.69, 9.17) is 26.1 Å². The summed E-state index contributed by atoms with van der Waals surface area (Å²) in [6.07, 6.45) is 1.80. The highest BCUT2D eigenvalue weighted by Gasteiger charge is 2.32. The van der Waals surface area contributed by atoms with Crippen LogP contribution in [0, 0.1) is 5.82 Å². The van der Waals surface area contributed by atoms with Gasteiger partial charge in [0.1, 0.15) is 18.6 Å². The number of pyridine rings is 1. The number of aromatic nitrogens is 1. The molecule has 1 saturated heterocycles. The van der Waals surface area contributed by atoms with Crippen LogP contribution in [0.15, 0.2) is 84.9 Å². The van der Waals surface area contributed by atoms with E-state index >= 15 is 0 Å². The number of nitrogens with one attached hydrogen (secondary N) is 2. The van der Waals surface area contributed by atoms with Crippen molar-refractivity contribution in [1.82, 2.24) is 15.2 Å². The largest absolute Gasteiger partial charge is 0.481 e. The Hall–Kier alpha value is -4.71. The number of carboxylic acids is 1. The van der Waals surface area contributed by atoms with Crippen molar-refractivity contribution in [3.8, 4) is 5.88 Å². The van der Waals surface area contributed by atoms with Gasteiger partial charge >= 0.3 is 5.97 Å². The molecule has 0 bridgehead atoms. The molecular formula is C39H43ClFN5O5. The fraction of sp³-hybridized carbons (Fsp3) is 0.359. The maximum absolute atomic E-state index is 14.2. The number of piperidine rings is 1. The van der Waals surface area contributed by atoms with Gasteiger partial charge in [-0.1, -0.05) is 54.1 Å². The van der Waals surface area contributed by atoms with Gasteiger partial charge in [-0.05, 0) is 67.9 Å². The highest BCUT2D eigenvalue weighted by atomic mass is 35.5. The number of hydrogen-bond donors (Lipinski definition) is 3. The third kappa shape index (κ3) is 9.35. The standard InChI is InChI=1S/C39H43ClFN5O5/c1-50-19-18-46-35-13-11-28(39(49)42-23-30(21-38(47)48)26-6-3-2-4-7-26)20-34(35)43-36(46)24-45-16-14-27(15-17-45)33-8-5-9-37(44-33)51-25-29-10-12-31(40)22-32(29)41/h2-13,20,22,27,30,36,43H,14-19,21,23-25H2,1H3,(H,42,49)(H,47,48). The number of benzene rings is 3. The summed E-state index contributed by atoms with van der Waals surface area (Å²) in [7, 11) is 1.69. The molecule has 0 aliphatic carbocycles.